The zero-order valence-electron chi connectivity index (χ0n) is 16.4. The van der Waals surface area contributed by atoms with Gasteiger partial charge in [0.1, 0.15) is 0 Å². The molecule has 1 heterocycles. The molecule has 1 rings (SSSR count). The summed E-state index contributed by atoms with van der Waals surface area (Å²) in [5.41, 5.74) is 14.8. The van der Waals surface area contributed by atoms with Gasteiger partial charge in [-0.05, 0) is 44.1 Å². The molecule has 6 heteroatoms. The predicted octanol–water partition coefficient (Wildman–Crippen LogP) is 4.22. The largest absolute Gasteiger partial charge is 0.476 e. The predicted molar refractivity (Wildman–Crippen MR) is 106 cm³/mol. The van der Waals surface area contributed by atoms with Crippen molar-refractivity contribution in [3.05, 3.63) is 59.2 Å². The van der Waals surface area contributed by atoms with Gasteiger partial charge in [-0.2, -0.15) is 0 Å². The number of aromatic carboxylic acids is 1. The lowest BCUT2D eigenvalue weighted by atomic mass is 10.1. The number of nitrogens with zero attached hydrogens (tertiary/aromatic N) is 1. The number of carboxylic acids is 1. The monoisotopic (exact) mass is 348 g/mol. The Morgan fingerprint density at radius 1 is 1.08 bits per heavy atom. The molecule has 1 aromatic heterocycles. The van der Waals surface area contributed by atoms with E-state index < -0.39 is 5.97 Å². The van der Waals surface area contributed by atoms with Gasteiger partial charge in [-0.25, -0.2) is 9.78 Å². The van der Waals surface area contributed by atoms with Crippen LogP contribution in [0, 0.1) is 20.8 Å². The van der Waals surface area contributed by atoms with Gasteiger partial charge < -0.3 is 16.3 Å². The highest BCUT2D eigenvalue weighted by Crippen LogP contribution is 2.23. The molecular formula is C19H32N4O2. The zero-order valence-corrected chi connectivity index (χ0v) is 16.4. The van der Waals surface area contributed by atoms with Crippen LogP contribution in [0.4, 0.5) is 5.69 Å². The van der Waals surface area contributed by atoms with Gasteiger partial charge in [0.2, 0.25) is 0 Å². The maximum atomic E-state index is 11.3. The molecule has 25 heavy (non-hydrogen) atoms. The maximum absolute atomic E-state index is 11.3. The quantitative estimate of drug-likeness (QED) is 0.454. The molecule has 6 nitrogen and oxygen atoms in total. The van der Waals surface area contributed by atoms with Crippen LogP contribution in [-0.2, 0) is 0 Å². The minimum Gasteiger partial charge on any atom is -0.476 e. The Morgan fingerprint density at radius 3 is 2.04 bits per heavy atom. The summed E-state index contributed by atoms with van der Waals surface area (Å²) in [6.07, 6.45) is 3.21. The fraction of sp³-hybridized carbons (Fsp3) is 0.368. The zero-order chi connectivity index (χ0) is 20.2. The average Bonchev–Trinajstić information content (AvgIpc) is 2.60. The van der Waals surface area contributed by atoms with Gasteiger partial charge >= 0.3 is 5.97 Å². The number of carbonyl (C=O) groups is 1. The van der Waals surface area contributed by atoms with Crippen LogP contribution >= 0.6 is 0 Å². The average molecular weight is 348 g/mol. The van der Waals surface area contributed by atoms with E-state index in [4.69, 9.17) is 5.73 Å². The summed E-state index contributed by atoms with van der Waals surface area (Å²) in [4.78, 5) is 15.4. The van der Waals surface area contributed by atoms with Crippen LogP contribution in [-0.4, -0.2) is 16.1 Å². The number of hydrogen-bond acceptors (Lipinski definition) is 5. The first-order chi connectivity index (χ1) is 11.7. The van der Waals surface area contributed by atoms with E-state index >= 15 is 0 Å². The van der Waals surface area contributed by atoms with Crippen molar-refractivity contribution in [1.82, 2.24) is 10.4 Å². The Morgan fingerprint density at radius 2 is 1.60 bits per heavy atom. The number of nitrogens with two attached hydrogens (primary N) is 1. The molecule has 140 valence electrons. The lowest BCUT2D eigenvalue weighted by Gasteiger charge is -2.17. The molecule has 1 aromatic rings. The van der Waals surface area contributed by atoms with E-state index in [0.29, 0.717) is 22.8 Å². The summed E-state index contributed by atoms with van der Waals surface area (Å²) >= 11 is 0. The van der Waals surface area contributed by atoms with Crippen molar-refractivity contribution < 1.29 is 9.90 Å². The molecule has 0 aliphatic rings. The number of aromatic nitrogens is 1. The minimum atomic E-state index is -1.10. The van der Waals surface area contributed by atoms with Crippen molar-refractivity contribution in [2.24, 2.45) is 5.73 Å². The standard InChI is InChI=1S/C15H20N4O2.2C2H6/c1-8(16)6-7-9(2)18-19-13-11(4)10(3)12(5)17-14(13)15(20)21;2*1-2/h6-7,18-19H,1-2,16H2,3-5H3,(H,20,21);2*1-2H3/b7-6-;;. The third-order valence-electron chi connectivity index (χ3n) is 3.05. The molecule has 0 aliphatic heterocycles. The summed E-state index contributed by atoms with van der Waals surface area (Å²) < 4.78 is 0. The highest BCUT2D eigenvalue weighted by atomic mass is 16.4. The summed E-state index contributed by atoms with van der Waals surface area (Å²) in [6.45, 7) is 20.8. The van der Waals surface area contributed by atoms with E-state index in [1.807, 2.05) is 41.5 Å². The summed E-state index contributed by atoms with van der Waals surface area (Å²) in [6, 6.07) is 0. The maximum Gasteiger partial charge on any atom is 0.356 e. The van der Waals surface area contributed by atoms with Gasteiger partial charge in [0.05, 0.1) is 5.69 Å². The molecule has 0 radical (unpaired) electrons. The number of allylic oxidation sites excluding steroid dienone is 2. The summed E-state index contributed by atoms with van der Waals surface area (Å²) in [5, 5.41) is 9.25. The molecule has 0 aliphatic carbocycles. The van der Waals surface area contributed by atoms with Crippen molar-refractivity contribution >= 4 is 11.7 Å². The van der Waals surface area contributed by atoms with E-state index in [0.717, 1.165) is 11.1 Å². The van der Waals surface area contributed by atoms with Gasteiger partial charge in [0.25, 0.3) is 0 Å². The highest BCUT2D eigenvalue weighted by Gasteiger charge is 2.17. The third-order valence-corrected chi connectivity index (χ3v) is 3.05. The second-order valence-electron chi connectivity index (χ2n) is 4.66. The lowest BCUT2D eigenvalue weighted by molar-refractivity contribution is 0.0691. The second kappa shape index (κ2) is 12.6. The fourth-order valence-electron chi connectivity index (χ4n) is 1.64. The molecular weight excluding hydrogens is 316 g/mol. The first-order valence-corrected chi connectivity index (χ1v) is 8.28. The third kappa shape index (κ3) is 8.06. The lowest BCUT2D eigenvalue weighted by Crippen LogP contribution is -2.23. The van der Waals surface area contributed by atoms with Gasteiger partial charge in [0.15, 0.2) is 5.69 Å². The van der Waals surface area contributed by atoms with Crippen LogP contribution in [0.2, 0.25) is 0 Å². The van der Waals surface area contributed by atoms with Crippen LogP contribution in [0.1, 0.15) is 55.0 Å². The SMILES string of the molecule is C=C(N)/C=C\C(=C)NNc1c(C(=O)O)nc(C)c(C)c1C.CC.CC. The Balaban J connectivity index is 0. The molecule has 0 amide bonds. The Bertz CT molecular complexity index is 635. The van der Waals surface area contributed by atoms with E-state index in [-0.39, 0.29) is 5.69 Å². The molecule has 0 saturated heterocycles. The number of anilines is 1. The van der Waals surface area contributed by atoms with Crippen molar-refractivity contribution in [2.45, 2.75) is 48.5 Å². The summed E-state index contributed by atoms with van der Waals surface area (Å²) in [5.74, 6) is -1.10. The van der Waals surface area contributed by atoms with Crippen molar-refractivity contribution in [1.29, 1.82) is 0 Å². The fourth-order valence-corrected chi connectivity index (χ4v) is 1.64. The van der Waals surface area contributed by atoms with Gasteiger partial charge in [-0.3, -0.25) is 5.43 Å². The Labute approximate surface area is 151 Å². The molecule has 0 spiro atoms. The Kier molecular flexibility index (Phi) is 12.4. The molecule has 0 unspecified atom stereocenters. The molecule has 0 bridgehead atoms. The van der Waals surface area contributed by atoms with E-state index in [1.165, 1.54) is 0 Å². The highest BCUT2D eigenvalue weighted by molar-refractivity contribution is 5.93. The number of hydrogen-bond donors (Lipinski definition) is 4. The molecule has 0 fully saturated rings. The second-order valence-corrected chi connectivity index (χ2v) is 4.66. The van der Waals surface area contributed by atoms with Gasteiger partial charge in [-0.1, -0.05) is 40.9 Å². The van der Waals surface area contributed by atoms with E-state index in [9.17, 15) is 9.90 Å². The van der Waals surface area contributed by atoms with Crippen LogP contribution < -0.4 is 16.6 Å². The van der Waals surface area contributed by atoms with Gasteiger partial charge in [-0.15, -0.1) is 0 Å². The van der Waals surface area contributed by atoms with Crippen LogP contribution in [0.25, 0.3) is 0 Å². The van der Waals surface area contributed by atoms with Crippen molar-refractivity contribution in [3.8, 4) is 0 Å². The first-order valence-electron chi connectivity index (χ1n) is 8.28. The van der Waals surface area contributed by atoms with E-state index in [1.54, 1.807) is 19.1 Å². The van der Waals surface area contributed by atoms with Crippen LogP contribution in [0.15, 0.2) is 36.7 Å². The number of nitrogens with one attached hydrogen (secondary N) is 2. The van der Waals surface area contributed by atoms with Gasteiger partial charge in [0, 0.05) is 17.1 Å². The number of aryl methyl sites for hydroxylation is 1. The minimum absolute atomic E-state index is 0.0388. The topological polar surface area (TPSA) is 100 Å². The molecule has 5 N–H and O–H groups in total. The Hall–Kier alpha value is -2.76. The van der Waals surface area contributed by atoms with Crippen LogP contribution in [0.3, 0.4) is 0 Å². The number of rotatable bonds is 6. The molecule has 0 saturated carbocycles. The number of hydrazine groups is 1. The normalized spacial score (nSPS) is 9.24. The molecule has 0 aromatic carbocycles. The van der Waals surface area contributed by atoms with Crippen molar-refractivity contribution in [3.63, 3.8) is 0 Å². The van der Waals surface area contributed by atoms with Crippen molar-refractivity contribution in [2.75, 3.05) is 5.43 Å². The van der Waals surface area contributed by atoms with Crippen LogP contribution in [0.5, 0.6) is 0 Å². The number of carboxylic acid groups (broad SMARTS) is 1. The van der Waals surface area contributed by atoms with E-state index in [2.05, 4.69) is 29.0 Å². The smallest absolute Gasteiger partial charge is 0.356 e. The number of pyridine rings is 1. The summed E-state index contributed by atoms with van der Waals surface area (Å²) in [7, 11) is 0. The molecule has 0 atom stereocenters. The first kappa shape index (κ1) is 24.5.